The summed E-state index contributed by atoms with van der Waals surface area (Å²) in [7, 11) is 0. The van der Waals surface area contributed by atoms with Crippen molar-refractivity contribution in [3.05, 3.63) is 63.1 Å². The van der Waals surface area contributed by atoms with Crippen LogP contribution < -0.4 is 4.74 Å². The molecule has 0 saturated carbocycles. The number of benzene rings is 2. The van der Waals surface area contributed by atoms with Gasteiger partial charge >= 0.3 is 0 Å². The van der Waals surface area contributed by atoms with E-state index in [0.717, 1.165) is 22.2 Å². The molecule has 0 unspecified atom stereocenters. The van der Waals surface area contributed by atoms with Gasteiger partial charge in [-0.3, -0.25) is 4.79 Å². The number of ketones is 1. The first-order valence-electron chi connectivity index (χ1n) is 6.80. The lowest BCUT2D eigenvalue weighted by molar-refractivity contribution is 0.0993. The third kappa shape index (κ3) is 4.32. The molecule has 0 atom stereocenters. The maximum absolute atomic E-state index is 12.3. The highest BCUT2D eigenvalue weighted by molar-refractivity contribution is 9.10. The number of hydrogen-bond donors (Lipinski definition) is 0. The van der Waals surface area contributed by atoms with Crippen LogP contribution in [-0.2, 0) is 6.42 Å². The minimum absolute atomic E-state index is 0.0332. The third-order valence-electron chi connectivity index (χ3n) is 3.02. The first-order chi connectivity index (χ1) is 10.1. The summed E-state index contributed by atoms with van der Waals surface area (Å²) in [5.41, 5.74) is 1.48. The van der Waals surface area contributed by atoms with E-state index >= 15 is 0 Å². The molecular formula is C17H16BrClO2. The lowest BCUT2D eigenvalue weighted by Crippen LogP contribution is -2.04. The lowest BCUT2D eigenvalue weighted by Gasteiger charge is -2.09. The SMILES string of the molecule is CCCOc1ccc(C(=O)Cc2ccccc2Cl)cc1Br. The smallest absolute Gasteiger partial charge is 0.167 e. The van der Waals surface area contributed by atoms with Crippen LogP contribution in [0.5, 0.6) is 5.75 Å². The third-order valence-corrected chi connectivity index (χ3v) is 4.01. The van der Waals surface area contributed by atoms with Crippen LogP contribution in [0, 0.1) is 0 Å². The molecule has 2 nitrogen and oxygen atoms in total. The summed E-state index contributed by atoms with van der Waals surface area (Å²) in [6.45, 7) is 2.71. The van der Waals surface area contributed by atoms with E-state index in [1.54, 1.807) is 18.2 Å². The summed E-state index contributed by atoms with van der Waals surface area (Å²) in [5.74, 6) is 0.789. The number of rotatable bonds is 6. The summed E-state index contributed by atoms with van der Waals surface area (Å²) in [6.07, 6.45) is 1.24. The molecule has 0 fully saturated rings. The second kappa shape index (κ2) is 7.62. The van der Waals surface area contributed by atoms with Gasteiger partial charge in [0.2, 0.25) is 0 Å². The molecule has 2 aromatic rings. The van der Waals surface area contributed by atoms with E-state index in [2.05, 4.69) is 22.9 Å². The zero-order valence-corrected chi connectivity index (χ0v) is 14.1. The average molecular weight is 368 g/mol. The molecule has 2 rings (SSSR count). The van der Waals surface area contributed by atoms with Crippen LogP contribution in [0.25, 0.3) is 0 Å². The second-order valence-electron chi connectivity index (χ2n) is 4.69. The van der Waals surface area contributed by atoms with Crippen LogP contribution in [0.15, 0.2) is 46.9 Å². The Labute approximate surface area is 138 Å². The van der Waals surface area contributed by atoms with Gasteiger partial charge in [0.05, 0.1) is 11.1 Å². The molecule has 0 N–H and O–H groups in total. The first kappa shape index (κ1) is 16.1. The molecule has 2 aromatic carbocycles. The van der Waals surface area contributed by atoms with Crippen LogP contribution in [-0.4, -0.2) is 12.4 Å². The van der Waals surface area contributed by atoms with Crippen molar-refractivity contribution in [3.63, 3.8) is 0 Å². The summed E-state index contributed by atoms with van der Waals surface area (Å²) in [5, 5.41) is 0.618. The Morgan fingerprint density at radius 2 is 2.00 bits per heavy atom. The molecule has 0 aliphatic carbocycles. The van der Waals surface area contributed by atoms with Gasteiger partial charge in [0.15, 0.2) is 5.78 Å². The Kier molecular flexibility index (Phi) is 5.83. The van der Waals surface area contributed by atoms with Crippen molar-refractivity contribution in [1.82, 2.24) is 0 Å². The van der Waals surface area contributed by atoms with Crippen molar-refractivity contribution in [3.8, 4) is 5.75 Å². The molecule has 0 bridgehead atoms. The highest BCUT2D eigenvalue weighted by Crippen LogP contribution is 2.27. The molecule has 0 radical (unpaired) electrons. The van der Waals surface area contributed by atoms with E-state index in [9.17, 15) is 4.79 Å². The van der Waals surface area contributed by atoms with E-state index in [0.29, 0.717) is 23.6 Å². The Balaban J connectivity index is 2.13. The van der Waals surface area contributed by atoms with Crippen LogP contribution in [0.4, 0.5) is 0 Å². The Bertz CT molecular complexity index is 640. The van der Waals surface area contributed by atoms with E-state index in [1.165, 1.54) is 0 Å². The molecule has 0 saturated heterocycles. The summed E-state index contributed by atoms with van der Waals surface area (Å²) >= 11 is 9.53. The monoisotopic (exact) mass is 366 g/mol. The summed E-state index contributed by atoms with van der Waals surface area (Å²) in [4.78, 5) is 12.3. The molecule has 0 amide bonds. The normalized spacial score (nSPS) is 10.4. The minimum Gasteiger partial charge on any atom is -0.492 e. The number of ether oxygens (including phenoxy) is 1. The van der Waals surface area contributed by atoms with Crippen molar-refractivity contribution < 1.29 is 9.53 Å². The van der Waals surface area contributed by atoms with Crippen molar-refractivity contribution in [1.29, 1.82) is 0 Å². The average Bonchev–Trinajstić information content (AvgIpc) is 2.48. The summed E-state index contributed by atoms with van der Waals surface area (Å²) < 4.78 is 6.37. The molecule has 4 heteroatoms. The quantitative estimate of drug-likeness (QED) is 0.646. The molecule has 21 heavy (non-hydrogen) atoms. The lowest BCUT2D eigenvalue weighted by atomic mass is 10.0. The number of Topliss-reactive ketones (excluding diaryl/α,β-unsaturated/α-hetero) is 1. The maximum Gasteiger partial charge on any atom is 0.167 e. The zero-order chi connectivity index (χ0) is 15.2. The number of carbonyl (C=O) groups is 1. The number of hydrogen-bond acceptors (Lipinski definition) is 2. The van der Waals surface area contributed by atoms with Crippen molar-refractivity contribution in [2.24, 2.45) is 0 Å². The largest absolute Gasteiger partial charge is 0.492 e. The Morgan fingerprint density at radius 1 is 1.24 bits per heavy atom. The molecule has 0 aromatic heterocycles. The van der Waals surface area contributed by atoms with Gasteiger partial charge in [-0.25, -0.2) is 0 Å². The topological polar surface area (TPSA) is 26.3 Å². The number of halogens is 2. The van der Waals surface area contributed by atoms with E-state index in [-0.39, 0.29) is 5.78 Å². The van der Waals surface area contributed by atoms with Crippen LogP contribution >= 0.6 is 27.5 Å². The van der Waals surface area contributed by atoms with Crippen molar-refractivity contribution in [2.75, 3.05) is 6.61 Å². The van der Waals surface area contributed by atoms with Gasteiger partial charge in [-0.2, -0.15) is 0 Å². The van der Waals surface area contributed by atoms with E-state index in [1.807, 2.05) is 24.3 Å². The van der Waals surface area contributed by atoms with Gasteiger partial charge in [0, 0.05) is 17.0 Å². The van der Waals surface area contributed by atoms with Gasteiger partial charge in [-0.15, -0.1) is 0 Å². The maximum atomic E-state index is 12.3. The first-order valence-corrected chi connectivity index (χ1v) is 7.98. The molecule has 0 aliphatic heterocycles. The van der Waals surface area contributed by atoms with Gasteiger partial charge in [-0.1, -0.05) is 36.7 Å². The zero-order valence-electron chi connectivity index (χ0n) is 11.7. The fourth-order valence-corrected chi connectivity index (χ4v) is 2.62. The highest BCUT2D eigenvalue weighted by atomic mass is 79.9. The Morgan fingerprint density at radius 3 is 2.67 bits per heavy atom. The van der Waals surface area contributed by atoms with Gasteiger partial charge in [-0.05, 0) is 52.2 Å². The van der Waals surface area contributed by atoms with Crippen LogP contribution in [0.3, 0.4) is 0 Å². The Hall–Kier alpha value is -1.32. The predicted octanol–water partition coefficient (Wildman–Crippen LogP) is 5.32. The van der Waals surface area contributed by atoms with Crippen LogP contribution in [0.2, 0.25) is 5.02 Å². The molecule has 0 aliphatic rings. The fourth-order valence-electron chi connectivity index (χ4n) is 1.92. The summed E-state index contributed by atoms with van der Waals surface area (Å²) in [6, 6.07) is 12.8. The predicted molar refractivity (Wildman–Crippen MR) is 89.4 cm³/mol. The standard InChI is InChI=1S/C17H16BrClO2/c1-2-9-21-17-8-7-13(10-14(17)18)16(20)11-12-5-3-4-6-15(12)19/h3-8,10H,2,9,11H2,1H3. The fraction of sp³-hybridized carbons (Fsp3) is 0.235. The van der Waals surface area contributed by atoms with Gasteiger partial charge < -0.3 is 4.74 Å². The molecular weight excluding hydrogens is 352 g/mol. The van der Waals surface area contributed by atoms with Crippen molar-refractivity contribution >= 4 is 33.3 Å². The van der Waals surface area contributed by atoms with Crippen molar-refractivity contribution in [2.45, 2.75) is 19.8 Å². The van der Waals surface area contributed by atoms with E-state index < -0.39 is 0 Å². The second-order valence-corrected chi connectivity index (χ2v) is 5.95. The van der Waals surface area contributed by atoms with Gasteiger partial charge in [0.1, 0.15) is 5.75 Å². The molecule has 0 spiro atoms. The van der Waals surface area contributed by atoms with Crippen LogP contribution in [0.1, 0.15) is 29.3 Å². The van der Waals surface area contributed by atoms with E-state index in [4.69, 9.17) is 16.3 Å². The molecule has 0 heterocycles. The minimum atomic E-state index is 0.0332. The van der Waals surface area contributed by atoms with Gasteiger partial charge in [0.25, 0.3) is 0 Å². The molecule has 110 valence electrons. The number of carbonyl (C=O) groups excluding carboxylic acids is 1. The highest BCUT2D eigenvalue weighted by Gasteiger charge is 2.11.